The fourth-order valence-electron chi connectivity index (χ4n) is 1.64. The maximum atomic E-state index is 10.8. The molecule has 0 fully saturated rings. The molecule has 0 aliphatic heterocycles. The second kappa shape index (κ2) is 3.95. The van der Waals surface area contributed by atoms with Crippen LogP contribution >= 0.6 is 0 Å². The lowest BCUT2D eigenvalue weighted by atomic mass is 10.0. The second-order valence-corrected chi connectivity index (χ2v) is 3.23. The van der Waals surface area contributed by atoms with Gasteiger partial charge >= 0.3 is 0 Å². The minimum absolute atomic E-state index is 0.0132. The van der Waals surface area contributed by atoms with E-state index in [-0.39, 0.29) is 12.1 Å². The van der Waals surface area contributed by atoms with E-state index in [0.29, 0.717) is 16.5 Å². The van der Waals surface area contributed by atoms with E-state index < -0.39 is 4.92 Å². The zero-order valence-electron chi connectivity index (χ0n) is 8.25. The first-order chi connectivity index (χ1) is 7.74. The number of hydrogen-bond acceptors (Lipinski definition) is 4. The van der Waals surface area contributed by atoms with E-state index in [2.05, 4.69) is 4.98 Å². The van der Waals surface area contributed by atoms with Gasteiger partial charge in [0.1, 0.15) is 0 Å². The van der Waals surface area contributed by atoms with Gasteiger partial charge < -0.3 is 0 Å². The van der Waals surface area contributed by atoms with Crippen LogP contribution in [0.25, 0.3) is 10.9 Å². The number of nitro groups is 1. The Morgan fingerprint density at radius 2 is 2.25 bits per heavy atom. The lowest BCUT2D eigenvalue weighted by Gasteiger charge is -2.03. The molecule has 16 heavy (non-hydrogen) atoms. The van der Waals surface area contributed by atoms with Crippen molar-refractivity contribution in [2.24, 2.45) is 0 Å². The highest BCUT2D eigenvalue weighted by Gasteiger charge is 2.16. The minimum Gasteiger partial charge on any atom is -0.258 e. The molecule has 0 radical (unpaired) electrons. The third-order valence-electron chi connectivity index (χ3n) is 2.32. The van der Waals surface area contributed by atoms with Crippen molar-refractivity contribution in [1.82, 2.24) is 4.98 Å². The molecule has 0 N–H and O–H groups in total. The average Bonchev–Trinajstić information content (AvgIpc) is 2.29. The van der Waals surface area contributed by atoms with Gasteiger partial charge in [0, 0.05) is 17.6 Å². The van der Waals surface area contributed by atoms with Gasteiger partial charge in [-0.05, 0) is 12.1 Å². The topological polar surface area (TPSA) is 79.8 Å². The van der Waals surface area contributed by atoms with Crippen molar-refractivity contribution >= 4 is 16.6 Å². The van der Waals surface area contributed by atoms with Crippen LogP contribution in [0, 0.1) is 21.4 Å². The van der Waals surface area contributed by atoms with Crippen molar-refractivity contribution in [1.29, 1.82) is 5.26 Å². The lowest BCUT2D eigenvalue weighted by molar-refractivity contribution is -0.385. The van der Waals surface area contributed by atoms with Crippen LogP contribution in [0.1, 0.15) is 5.56 Å². The lowest BCUT2D eigenvalue weighted by Crippen LogP contribution is -1.96. The first-order valence-corrected chi connectivity index (χ1v) is 4.62. The van der Waals surface area contributed by atoms with Gasteiger partial charge in [-0.2, -0.15) is 5.26 Å². The summed E-state index contributed by atoms with van der Waals surface area (Å²) in [5, 5.41) is 20.2. The Kier molecular flexibility index (Phi) is 2.48. The Bertz CT molecular complexity index is 602. The molecule has 78 valence electrons. The van der Waals surface area contributed by atoms with E-state index in [9.17, 15) is 10.1 Å². The maximum Gasteiger partial charge on any atom is 0.274 e. The van der Waals surface area contributed by atoms with Crippen LogP contribution in [0.3, 0.4) is 0 Å². The number of pyridine rings is 1. The summed E-state index contributed by atoms with van der Waals surface area (Å²) in [7, 11) is 0. The van der Waals surface area contributed by atoms with Crippen LogP contribution in [-0.2, 0) is 6.42 Å². The molecule has 0 saturated carbocycles. The fourth-order valence-corrected chi connectivity index (χ4v) is 1.64. The first kappa shape index (κ1) is 10.1. The Balaban J connectivity index is 2.79. The number of nitriles is 1. The number of rotatable bonds is 2. The zero-order valence-corrected chi connectivity index (χ0v) is 8.25. The van der Waals surface area contributed by atoms with Crippen molar-refractivity contribution in [3.63, 3.8) is 0 Å². The van der Waals surface area contributed by atoms with E-state index in [1.807, 2.05) is 6.07 Å². The molecule has 0 unspecified atom stereocenters. The standard InChI is InChI=1S/C11H7N3O2/c12-6-5-9-8-2-1-7-13-10(8)3-4-11(9)14(15)16/h1-4,7H,5H2. The van der Waals surface area contributed by atoms with Crippen LogP contribution in [0.4, 0.5) is 5.69 Å². The highest BCUT2D eigenvalue weighted by atomic mass is 16.6. The molecule has 0 spiro atoms. The summed E-state index contributed by atoms with van der Waals surface area (Å²) in [5.41, 5.74) is 1.07. The molecule has 5 heteroatoms. The number of nitro benzene ring substituents is 1. The van der Waals surface area contributed by atoms with Gasteiger partial charge in [-0.15, -0.1) is 0 Å². The molecule has 0 bridgehead atoms. The summed E-state index contributed by atoms with van der Waals surface area (Å²) >= 11 is 0. The van der Waals surface area contributed by atoms with Crippen LogP contribution in [0.2, 0.25) is 0 Å². The van der Waals surface area contributed by atoms with Crippen molar-refractivity contribution in [3.8, 4) is 6.07 Å². The predicted octanol–water partition coefficient (Wildman–Crippen LogP) is 2.21. The normalized spacial score (nSPS) is 9.94. The first-order valence-electron chi connectivity index (χ1n) is 4.62. The quantitative estimate of drug-likeness (QED) is 0.565. The van der Waals surface area contributed by atoms with Crippen LogP contribution in [0.5, 0.6) is 0 Å². The predicted molar refractivity (Wildman–Crippen MR) is 57.7 cm³/mol. The molecule has 1 aromatic heterocycles. The summed E-state index contributed by atoms with van der Waals surface area (Å²) in [4.78, 5) is 14.4. The van der Waals surface area contributed by atoms with Gasteiger partial charge in [0.05, 0.1) is 28.5 Å². The Labute approximate surface area is 91.1 Å². The molecule has 1 aromatic carbocycles. The van der Waals surface area contributed by atoms with Crippen LogP contribution in [-0.4, -0.2) is 9.91 Å². The molecule has 2 aromatic rings. The van der Waals surface area contributed by atoms with Crippen LogP contribution in [0.15, 0.2) is 30.5 Å². The van der Waals surface area contributed by atoms with Gasteiger partial charge in [-0.1, -0.05) is 6.07 Å². The van der Waals surface area contributed by atoms with Crippen molar-refractivity contribution in [2.45, 2.75) is 6.42 Å². The smallest absolute Gasteiger partial charge is 0.258 e. The number of nitrogens with zero attached hydrogens (tertiary/aromatic N) is 3. The molecular weight excluding hydrogens is 206 g/mol. The molecule has 0 atom stereocenters. The molecule has 1 heterocycles. The monoisotopic (exact) mass is 213 g/mol. The third-order valence-corrected chi connectivity index (χ3v) is 2.32. The van der Waals surface area contributed by atoms with Gasteiger partial charge in [0.2, 0.25) is 0 Å². The van der Waals surface area contributed by atoms with Crippen LogP contribution < -0.4 is 0 Å². The van der Waals surface area contributed by atoms with Gasteiger partial charge in [0.25, 0.3) is 5.69 Å². The van der Waals surface area contributed by atoms with E-state index in [1.54, 1.807) is 24.4 Å². The Hall–Kier alpha value is -2.48. The van der Waals surface area contributed by atoms with E-state index in [4.69, 9.17) is 5.26 Å². The largest absolute Gasteiger partial charge is 0.274 e. The van der Waals surface area contributed by atoms with Gasteiger partial charge in [0.15, 0.2) is 0 Å². The Morgan fingerprint density at radius 1 is 1.44 bits per heavy atom. The SMILES string of the molecule is N#CCc1c([N+](=O)[O-])ccc2ncccc12. The number of benzene rings is 1. The highest BCUT2D eigenvalue weighted by Crippen LogP contribution is 2.26. The molecule has 0 amide bonds. The van der Waals surface area contributed by atoms with E-state index in [0.717, 1.165) is 0 Å². The minimum atomic E-state index is -0.473. The average molecular weight is 213 g/mol. The highest BCUT2D eigenvalue weighted by molar-refractivity contribution is 5.85. The number of aromatic nitrogens is 1. The van der Waals surface area contributed by atoms with E-state index >= 15 is 0 Å². The maximum absolute atomic E-state index is 10.8. The summed E-state index contributed by atoms with van der Waals surface area (Å²) < 4.78 is 0. The second-order valence-electron chi connectivity index (χ2n) is 3.23. The Morgan fingerprint density at radius 3 is 2.94 bits per heavy atom. The van der Waals surface area contributed by atoms with Crippen molar-refractivity contribution in [3.05, 3.63) is 46.1 Å². The molecule has 0 saturated heterocycles. The summed E-state index contributed by atoms with van der Waals surface area (Å²) in [6.07, 6.45) is 1.63. The van der Waals surface area contributed by atoms with Gasteiger partial charge in [-0.3, -0.25) is 15.1 Å². The van der Waals surface area contributed by atoms with Crippen molar-refractivity contribution < 1.29 is 4.92 Å². The third kappa shape index (κ3) is 1.57. The molecule has 0 aliphatic rings. The fraction of sp³-hybridized carbons (Fsp3) is 0.0909. The molecule has 2 rings (SSSR count). The summed E-state index contributed by atoms with van der Waals surface area (Å²) in [6, 6.07) is 8.36. The molecule has 5 nitrogen and oxygen atoms in total. The van der Waals surface area contributed by atoms with E-state index in [1.165, 1.54) is 6.07 Å². The molecular formula is C11H7N3O2. The van der Waals surface area contributed by atoms with Gasteiger partial charge in [-0.25, -0.2) is 0 Å². The molecule has 0 aliphatic carbocycles. The zero-order chi connectivity index (χ0) is 11.5. The number of hydrogen-bond donors (Lipinski definition) is 0. The summed E-state index contributed by atoms with van der Waals surface area (Å²) in [6.45, 7) is 0. The van der Waals surface area contributed by atoms with Crippen molar-refractivity contribution in [2.75, 3.05) is 0 Å². The summed E-state index contributed by atoms with van der Waals surface area (Å²) in [5.74, 6) is 0. The number of fused-ring (bicyclic) bond motifs is 1.